The van der Waals surface area contributed by atoms with E-state index in [0.29, 0.717) is 0 Å². The van der Waals surface area contributed by atoms with Gasteiger partial charge in [-0.1, -0.05) is 23.8 Å². The van der Waals surface area contributed by atoms with Gasteiger partial charge in [0.05, 0.1) is 5.69 Å². The maximum atomic E-state index is 4.65. The van der Waals surface area contributed by atoms with Crippen LogP contribution in [0.1, 0.15) is 11.1 Å². The second kappa shape index (κ2) is 5.10. The topological polar surface area (TPSA) is 17.3 Å². The van der Waals surface area contributed by atoms with Crippen molar-refractivity contribution in [1.29, 1.82) is 0 Å². The molecule has 0 aliphatic carbocycles. The number of aryl methyl sites for hydroxylation is 2. The molecule has 0 unspecified atom stereocenters. The molecular formula is C15H14IN2-. The van der Waals surface area contributed by atoms with Crippen molar-refractivity contribution in [3.8, 4) is 11.3 Å². The third-order valence-corrected chi connectivity index (χ3v) is 3.03. The van der Waals surface area contributed by atoms with E-state index >= 15 is 0 Å². The molecule has 0 aliphatic heterocycles. The average Bonchev–Trinajstić information content (AvgIpc) is 2.75. The summed E-state index contributed by atoms with van der Waals surface area (Å²) in [6.45, 7) is 4.23. The minimum Gasteiger partial charge on any atom is -1.00 e. The zero-order valence-electron chi connectivity index (χ0n) is 10.4. The van der Waals surface area contributed by atoms with Gasteiger partial charge >= 0.3 is 0 Å². The molecule has 92 valence electrons. The molecule has 0 amide bonds. The first-order chi connectivity index (χ1) is 8.24. The maximum Gasteiger partial charge on any atom is 0.137 e. The lowest BCUT2D eigenvalue weighted by Crippen LogP contribution is -3.00. The molecule has 3 rings (SSSR count). The van der Waals surface area contributed by atoms with Crippen LogP contribution >= 0.6 is 0 Å². The lowest BCUT2D eigenvalue weighted by Gasteiger charge is -2.03. The summed E-state index contributed by atoms with van der Waals surface area (Å²) in [6, 6.07) is 12.5. The Morgan fingerprint density at radius 1 is 1.06 bits per heavy atom. The smallest absolute Gasteiger partial charge is 0.137 e. The fourth-order valence-electron chi connectivity index (χ4n) is 2.08. The quantitative estimate of drug-likeness (QED) is 0.589. The molecule has 0 fully saturated rings. The van der Waals surface area contributed by atoms with E-state index in [1.807, 2.05) is 24.4 Å². The van der Waals surface area contributed by atoms with Crippen LogP contribution in [0.25, 0.3) is 16.9 Å². The van der Waals surface area contributed by atoms with Crippen molar-refractivity contribution in [1.82, 2.24) is 9.38 Å². The number of halogens is 1. The molecule has 2 nitrogen and oxygen atoms in total. The number of hydrogen-bond donors (Lipinski definition) is 0. The summed E-state index contributed by atoms with van der Waals surface area (Å²) in [6.07, 6.45) is 4.11. The Bertz CT molecular complexity index is 653. The van der Waals surface area contributed by atoms with Gasteiger partial charge in [0.25, 0.3) is 0 Å². The number of rotatable bonds is 1. The number of fused-ring (bicyclic) bond motifs is 1. The van der Waals surface area contributed by atoms with E-state index in [-0.39, 0.29) is 24.0 Å². The monoisotopic (exact) mass is 349 g/mol. The van der Waals surface area contributed by atoms with E-state index in [9.17, 15) is 0 Å². The van der Waals surface area contributed by atoms with Crippen molar-refractivity contribution in [3.63, 3.8) is 0 Å². The largest absolute Gasteiger partial charge is 1.00 e. The lowest BCUT2D eigenvalue weighted by molar-refractivity contribution is -0.00000361. The van der Waals surface area contributed by atoms with Gasteiger partial charge in [-0.2, -0.15) is 0 Å². The van der Waals surface area contributed by atoms with Crippen molar-refractivity contribution < 1.29 is 24.0 Å². The predicted octanol–water partition coefficient (Wildman–Crippen LogP) is 0.622. The van der Waals surface area contributed by atoms with Crippen LogP contribution in [0.15, 0.2) is 48.8 Å². The van der Waals surface area contributed by atoms with E-state index in [0.717, 1.165) is 11.3 Å². The number of benzene rings is 1. The number of imidazole rings is 1. The van der Waals surface area contributed by atoms with Gasteiger partial charge in [-0.3, -0.25) is 0 Å². The van der Waals surface area contributed by atoms with Gasteiger partial charge in [0.2, 0.25) is 0 Å². The summed E-state index contributed by atoms with van der Waals surface area (Å²) in [5.41, 5.74) is 5.77. The molecular weight excluding hydrogens is 335 g/mol. The van der Waals surface area contributed by atoms with Crippen molar-refractivity contribution in [2.24, 2.45) is 0 Å². The predicted molar refractivity (Wildman–Crippen MR) is 70.1 cm³/mol. The van der Waals surface area contributed by atoms with Gasteiger partial charge in [-0.25, -0.2) is 4.98 Å². The lowest BCUT2D eigenvalue weighted by atomic mass is 10.0. The Morgan fingerprint density at radius 2 is 1.89 bits per heavy atom. The van der Waals surface area contributed by atoms with Crippen molar-refractivity contribution >= 4 is 5.65 Å². The molecule has 0 radical (unpaired) electrons. The van der Waals surface area contributed by atoms with Gasteiger partial charge < -0.3 is 28.4 Å². The molecule has 2 heterocycles. The highest BCUT2D eigenvalue weighted by molar-refractivity contribution is 5.66. The first kappa shape index (κ1) is 13.1. The third-order valence-electron chi connectivity index (χ3n) is 3.03. The summed E-state index contributed by atoms with van der Waals surface area (Å²) in [5, 5.41) is 0. The van der Waals surface area contributed by atoms with E-state index < -0.39 is 0 Å². The van der Waals surface area contributed by atoms with Crippen LogP contribution in [0.3, 0.4) is 0 Å². The fourth-order valence-corrected chi connectivity index (χ4v) is 2.08. The molecule has 2 aromatic heterocycles. The standard InChI is InChI=1S/C15H14N2.HI/c1-11-6-7-12(2)13(9-11)14-10-17-8-4-3-5-15(17)16-14;/h3-10H,1-2H3;1H/p-1. The highest BCUT2D eigenvalue weighted by Crippen LogP contribution is 2.23. The molecule has 0 saturated heterocycles. The SMILES string of the molecule is Cc1ccc(C)c(-c2cn3ccccc3n2)c1.[I-]. The van der Waals surface area contributed by atoms with Crippen LogP contribution in [-0.4, -0.2) is 9.38 Å². The Hall–Kier alpha value is -1.36. The number of nitrogens with zero attached hydrogens (tertiary/aromatic N) is 2. The highest BCUT2D eigenvalue weighted by Gasteiger charge is 2.06. The van der Waals surface area contributed by atoms with Crippen molar-refractivity contribution in [3.05, 3.63) is 59.9 Å². The summed E-state index contributed by atoms with van der Waals surface area (Å²) in [4.78, 5) is 4.65. The molecule has 3 aromatic rings. The maximum absolute atomic E-state index is 4.65. The fraction of sp³-hybridized carbons (Fsp3) is 0.133. The van der Waals surface area contributed by atoms with Crippen LogP contribution in [0.5, 0.6) is 0 Å². The van der Waals surface area contributed by atoms with E-state index in [1.54, 1.807) is 0 Å². The van der Waals surface area contributed by atoms with Gasteiger partial charge in [0, 0.05) is 18.0 Å². The molecule has 0 spiro atoms. The van der Waals surface area contributed by atoms with Crippen LogP contribution in [0.2, 0.25) is 0 Å². The van der Waals surface area contributed by atoms with Crippen molar-refractivity contribution in [2.75, 3.05) is 0 Å². The molecule has 0 aliphatic rings. The minimum absolute atomic E-state index is 0. The Kier molecular flexibility index (Phi) is 3.71. The van der Waals surface area contributed by atoms with Crippen LogP contribution in [-0.2, 0) is 0 Å². The molecule has 0 saturated carbocycles. The van der Waals surface area contributed by atoms with E-state index in [2.05, 4.69) is 47.6 Å². The summed E-state index contributed by atoms with van der Waals surface area (Å²) < 4.78 is 2.05. The van der Waals surface area contributed by atoms with Gasteiger partial charge in [0.15, 0.2) is 0 Å². The first-order valence-electron chi connectivity index (χ1n) is 5.75. The molecule has 0 N–H and O–H groups in total. The number of hydrogen-bond acceptors (Lipinski definition) is 1. The molecule has 0 bridgehead atoms. The second-order valence-electron chi connectivity index (χ2n) is 4.41. The molecule has 0 atom stereocenters. The minimum atomic E-state index is 0. The van der Waals surface area contributed by atoms with Crippen LogP contribution in [0.4, 0.5) is 0 Å². The number of pyridine rings is 1. The summed E-state index contributed by atoms with van der Waals surface area (Å²) in [7, 11) is 0. The zero-order valence-corrected chi connectivity index (χ0v) is 12.5. The van der Waals surface area contributed by atoms with Crippen LogP contribution in [0, 0.1) is 13.8 Å². The van der Waals surface area contributed by atoms with E-state index in [4.69, 9.17) is 0 Å². The van der Waals surface area contributed by atoms with Crippen molar-refractivity contribution in [2.45, 2.75) is 13.8 Å². The third kappa shape index (κ3) is 2.27. The van der Waals surface area contributed by atoms with Gasteiger partial charge in [0.1, 0.15) is 5.65 Å². The average molecular weight is 349 g/mol. The molecule has 1 aromatic carbocycles. The Morgan fingerprint density at radius 3 is 2.67 bits per heavy atom. The highest BCUT2D eigenvalue weighted by atomic mass is 127. The van der Waals surface area contributed by atoms with Crippen LogP contribution < -0.4 is 24.0 Å². The zero-order chi connectivity index (χ0) is 11.8. The number of aromatic nitrogens is 2. The second-order valence-corrected chi connectivity index (χ2v) is 4.41. The van der Waals surface area contributed by atoms with Gasteiger partial charge in [-0.15, -0.1) is 0 Å². The van der Waals surface area contributed by atoms with Gasteiger partial charge in [-0.05, 0) is 37.6 Å². The summed E-state index contributed by atoms with van der Waals surface area (Å²) >= 11 is 0. The molecule has 3 heteroatoms. The Balaban J connectivity index is 0.00000120. The Labute approximate surface area is 124 Å². The normalized spacial score (nSPS) is 10.3. The summed E-state index contributed by atoms with van der Waals surface area (Å²) in [5.74, 6) is 0. The van der Waals surface area contributed by atoms with E-state index in [1.165, 1.54) is 16.7 Å². The first-order valence-corrected chi connectivity index (χ1v) is 5.75. The molecule has 18 heavy (non-hydrogen) atoms.